The first kappa shape index (κ1) is 19.3. The van der Waals surface area contributed by atoms with Gasteiger partial charge in [0, 0.05) is 18.7 Å². The molecule has 10 heteroatoms. The molecule has 3 rings (SSSR count). The van der Waals surface area contributed by atoms with Crippen molar-refractivity contribution in [2.75, 3.05) is 25.0 Å². The molecular weight excluding hydrogens is 397 g/mol. The van der Waals surface area contributed by atoms with Gasteiger partial charge in [-0.05, 0) is 36.4 Å². The molecule has 2 aromatic carbocycles. The topological polar surface area (TPSA) is 95.6 Å². The largest absolute Gasteiger partial charge is 0.354 e. The van der Waals surface area contributed by atoms with E-state index in [1.807, 2.05) is 0 Å². The smallest absolute Gasteiger partial charge is 0.255 e. The van der Waals surface area contributed by atoms with Crippen LogP contribution >= 0.6 is 11.6 Å². The average molecular weight is 412 g/mol. The third-order valence-electron chi connectivity index (χ3n) is 3.92. The Balaban J connectivity index is 1.84. The maximum atomic E-state index is 13.1. The second kappa shape index (κ2) is 7.63. The molecule has 1 saturated heterocycles. The van der Waals surface area contributed by atoms with Gasteiger partial charge in [0.1, 0.15) is 5.82 Å². The number of hydrogen-bond donors (Lipinski definition) is 2. The molecule has 1 aliphatic heterocycles. The number of halogens is 2. The summed E-state index contributed by atoms with van der Waals surface area (Å²) < 4.78 is 39.6. The van der Waals surface area contributed by atoms with Gasteiger partial charge in [0.15, 0.2) is 0 Å². The Kier molecular flexibility index (Phi) is 5.45. The van der Waals surface area contributed by atoms with E-state index in [1.165, 1.54) is 30.3 Å². The van der Waals surface area contributed by atoms with E-state index in [2.05, 4.69) is 10.6 Å². The number of anilines is 1. The lowest BCUT2D eigenvalue weighted by Gasteiger charge is -2.26. The van der Waals surface area contributed by atoms with Crippen LogP contribution in [0.3, 0.4) is 0 Å². The van der Waals surface area contributed by atoms with Crippen LogP contribution in [-0.4, -0.2) is 44.2 Å². The fraction of sp³-hybridized carbons (Fsp3) is 0.176. The van der Waals surface area contributed by atoms with Crippen molar-refractivity contribution in [3.05, 3.63) is 58.9 Å². The van der Waals surface area contributed by atoms with Crippen LogP contribution in [0.25, 0.3) is 0 Å². The van der Waals surface area contributed by atoms with Gasteiger partial charge < -0.3 is 10.6 Å². The first-order chi connectivity index (χ1) is 12.8. The summed E-state index contributed by atoms with van der Waals surface area (Å²) in [6.07, 6.45) is 0. The van der Waals surface area contributed by atoms with Crippen molar-refractivity contribution in [3.63, 3.8) is 0 Å². The van der Waals surface area contributed by atoms with Crippen molar-refractivity contribution in [2.45, 2.75) is 4.90 Å². The highest BCUT2D eigenvalue weighted by atomic mass is 35.5. The van der Waals surface area contributed by atoms with E-state index in [-0.39, 0.29) is 46.7 Å². The molecule has 27 heavy (non-hydrogen) atoms. The number of nitrogens with zero attached hydrogens (tertiary/aromatic N) is 1. The summed E-state index contributed by atoms with van der Waals surface area (Å²) in [5.41, 5.74) is 0.280. The van der Waals surface area contributed by atoms with Crippen molar-refractivity contribution < 1.29 is 22.4 Å². The molecular formula is C17H15ClFN3O4S. The molecule has 0 aliphatic carbocycles. The van der Waals surface area contributed by atoms with Gasteiger partial charge >= 0.3 is 0 Å². The number of sulfonamides is 1. The van der Waals surface area contributed by atoms with Gasteiger partial charge in [-0.2, -0.15) is 4.31 Å². The summed E-state index contributed by atoms with van der Waals surface area (Å²) in [5.74, 6) is -1.53. The molecule has 0 unspecified atom stereocenters. The molecule has 2 amide bonds. The Labute approximate surface area is 160 Å². The van der Waals surface area contributed by atoms with Gasteiger partial charge in [0.05, 0.1) is 22.2 Å². The number of carbonyl (C=O) groups is 2. The monoisotopic (exact) mass is 411 g/mol. The first-order valence-corrected chi connectivity index (χ1v) is 9.72. The summed E-state index contributed by atoms with van der Waals surface area (Å²) in [7, 11) is -3.92. The second-order valence-electron chi connectivity index (χ2n) is 5.79. The lowest BCUT2D eigenvalue weighted by molar-refractivity contribution is -0.122. The van der Waals surface area contributed by atoms with E-state index in [9.17, 15) is 22.4 Å². The van der Waals surface area contributed by atoms with Crippen molar-refractivity contribution in [2.24, 2.45) is 0 Å². The number of benzene rings is 2. The van der Waals surface area contributed by atoms with Crippen LogP contribution in [0.2, 0.25) is 5.02 Å². The lowest BCUT2D eigenvalue weighted by atomic mass is 10.2. The molecule has 1 heterocycles. The number of hydrogen-bond acceptors (Lipinski definition) is 4. The molecule has 0 saturated carbocycles. The summed E-state index contributed by atoms with van der Waals surface area (Å²) in [4.78, 5) is 23.8. The van der Waals surface area contributed by atoms with Crippen molar-refractivity contribution >= 4 is 39.1 Å². The van der Waals surface area contributed by atoms with E-state index < -0.39 is 21.7 Å². The van der Waals surface area contributed by atoms with Crippen molar-refractivity contribution in [1.29, 1.82) is 0 Å². The minimum absolute atomic E-state index is 0.0199. The van der Waals surface area contributed by atoms with E-state index in [0.717, 1.165) is 16.4 Å². The minimum Gasteiger partial charge on any atom is -0.354 e. The normalized spacial score (nSPS) is 15.3. The molecule has 2 N–H and O–H groups in total. The van der Waals surface area contributed by atoms with Gasteiger partial charge in [0.2, 0.25) is 15.9 Å². The molecule has 0 bridgehead atoms. The van der Waals surface area contributed by atoms with Crippen LogP contribution in [0.15, 0.2) is 47.4 Å². The van der Waals surface area contributed by atoms with Gasteiger partial charge in [-0.1, -0.05) is 17.7 Å². The number of rotatable bonds is 4. The fourth-order valence-electron chi connectivity index (χ4n) is 2.55. The molecule has 2 aromatic rings. The number of carbonyl (C=O) groups excluding carboxylic acids is 2. The summed E-state index contributed by atoms with van der Waals surface area (Å²) >= 11 is 5.89. The van der Waals surface area contributed by atoms with Crippen LogP contribution in [0.5, 0.6) is 0 Å². The lowest BCUT2D eigenvalue weighted by Crippen LogP contribution is -2.49. The Morgan fingerprint density at radius 3 is 2.70 bits per heavy atom. The summed E-state index contributed by atoms with van der Waals surface area (Å²) in [6, 6.07) is 8.94. The van der Waals surface area contributed by atoms with Crippen LogP contribution in [-0.2, 0) is 14.8 Å². The van der Waals surface area contributed by atoms with Gasteiger partial charge in [0.25, 0.3) is 5.91 Å². The van der Waals surface area contributed by atoms with E-state index in [1.54, 1.807) is 0 Å². The van der Waals surface area contributed by atoms with Gasteiger partial charge in [-0.15, -0.1) is 0 Å². The number of amides is 2. The predicted octanol–water partition coefficient (Wildman–Crippen LogP) is 1.85. The summed E-state index contributed by atoms with van der Waals surface area (Å²) in [6.45, 7) is 0.0982. The Bertz CT molecular complexity index is 1010. The SMILES string of the molecule is O=C1CN(S(=O)(=O)c2cccc(C(=O)Nc3ccc(F)cc3Cl)c2)CCN1. The zero-order valence-electron chi connectivity index (χ0n) is 13.9. The van der Waals surface area contributed by atoms with E-state index in [4.69, 9.17) is 11.6 Å². The highest BCUT2D eigenvalue weighted by molar-refractivity contribution is 7.89. The summed E-state index contributed by atoms with van der Waals surface area (Å²) in [5, 5.41) is 5.08. The van der Waals surface area contributed by atoms with Crippen LogP contribution in [0.1, 0.15) is 10.4 Å². The zero-order valence-corrected chi connectivity index (χ0v) is 15.5. The van der Waals surface area contributed by atoms with Crippen LogP contribution in [0, 0.1) is 5.82 Å². The van der Waals surface area contributed by atoms with Crippen LogP contribution < -0.4 is 10.6 Å². The molecule has 0 spiro atoms. The fourth-order valence-corrected chi connectivity index (χ4v) is 4.21. The molecule has 7 nitrogen and oxygen atoms in total. The van der Waals surface area contributed by atoms with Crippen LogP contribution in [0.4, 0.5) is 10.1 Å². The molecule has 142 valence electrons. The average Bonchev–Trinajstić information content (AvgIpc) is 2.64. The molecule has 1 aliphatic rings. The van der Waals surface area contributed by atoms with Crippen molar-refractivity contribution in [3.8, 4) is 0 Å². The molecule has 0 atom stereocenters. The Morgan fingerprint density at radius 2 is 2.00 bits per heavy atom. The molecule has 0 radical (unpaired) electrons. The standard InChI is InChI=1S/C17H15ClFN3O4S/c18-14-9-12(19)4-5-15(14)21-17(24)11-2-1-3-13(8-11)27(25,26)22-7-6-20-16(23)10-22/h1-5,8-9H,6-7,10H2,(H,20,23)(H,21,24). The van der Waals surface area contributed by atoms with Crippen molar-refractivity contribution in [1.82, 2.24) is 9.62 Å². The van der Waals surface area contributed by atoms with E-state index in [0.29, 0.717) is 0 Å². The maximum Gasteiger partial charge on any atom is 0.255 e. The van der Waals surface area contributed by atoms with Gasteiger partial charge in [-0.3, -0.25) is 9.59 Å². The third-order valence-corrected chi connectivity index (χ3v) is 6.07. The highest BCUT2D eigenvalue weighted by Gasteiger charge is 2.29. The zero-order chi connectivity index (χ0) is 19.6. The number of piperazine rings is 1. The van der Waals surface area contributed by atoms with Gasteiger partial charge in [-0.25, -0.2) is 12.8 Å². The maximum absolute atomic E-state index is 13.1. The molecule has 1 fully saturated rings. The predicted molar refractivity (Wildman–Crippen MR) is 97.6 cm³/mol. The quantitative estimate of drug-likeness (QED) is 0.802. The Hall–Kier alpha value is -2.49. The van der Waals surface area contributed by atoms with E-state index >= 15 is 0 Å². The highest BCUT2D eigenvalue weighted by Crippen LogP contribution is 2.24. The minimum atomic E-state index is -3.92. The molecule has 0 aromatic heterocycles. The first-order valence-electron chi connectivity index (χ1n) is 7.91. The third kappa shape index (κ3) is 4.26. The Morgan fingerprint density at radius 1 is 1.22 bits per heavy atom. The second-order valence-corrected chi connectivity index (χ2v) is 8.14. The number of nitrogens with one attached hydrogen (secondary N) is 2.